The highest BCUT2D eigenvalue weighted by atomic mass is 28.4. The van der Waals surface area contributed by atoms with Crippen molar-refractivity contribution in [1.82, 2.24) is 5.32 Å². The number of hydrogen-bond donors (Lipinski definition) is 2. The SMILES string of the molecule is CC(C)(C)[Si](C)(C)O[C@H]1CNC(=O)/C(=N\O)C1. The van der Waals surface area contributed by atoms with Crippen molar-refractivity contribution in [2.24, 2.45) is 5.16 Å². The minimum atomic E-state index is -1.84. The number of amides is 1. The van der Waals surface area contributed by atoms with Gasteiger partial charge in [-0.05, 0) is 18.1 Å². The fourth-order valence-corrected chi connectivity index (χ4v) is 2.81. The molecule has 2 N–H and O–H groups in total. The summed E-state index contributed by atoms with van der Waals surface area (Å²) >= 11 is 0. The van der Waals surface area contributed by atoms with Crippen LogP contribution in [-0.2, 0) is 9.22 Å². The van der Waals surface area contributed by atoms with E-state index in [1.807, 2.05) is 0 Å². The number of nitrogens with one attached hydrogen (secondary N) is 1. The van der Waals surface area contributed by atoms with Crippen LogP contribution in [-0.4, -0.2) is 37.8 Å². The van der Waals surface area contributed by atoms with Crippen LogP contribution >= 0.6 is 0 Å². The molecule has 1 atom stereocenters. The van der Waals surface area contributed by atoms with Gasteiger partial charge < -0.3 is 15.0 Å². The zero-order chi connectivity index (χ0) is 13.3. The first-order chi connectivity index (χ1) is 7.67. The molecular weight excluding hydrogens is 236 g/mol. The van der Waals surface area contributed by atoms with E-state index in [1.165, 1.54) is 0 Å². The highest BCUT2D eigenvalue weighted by molar-refractivity contribution is 6.74. The molecule has 0 spiro atoms. The van der Waals surface area contributed by atoms with Gasteiger partial charge in [-0.3, -0.25) is 4.79 Å². The molecule has 1 aliphatic heterocycles. The predicted octanol–water partition coefficient (Wildman–Crippen LogP) is 1.73. The molecule has 1 amide bonds. The van der Waals surface area contributed by atoms with Gasteiger partial charge in [0, 0.05) is 13.0 Å². The van der Waals surface area contributed by atoms with Gasteiger partial charge in [0.1, 0.15) is 5.71 Å². The van der Waals surface area contributed by atoms with Crippen molar-refractivity contribution in [1.29, 1.82) is 0 Å². The maximum absolute atomic E-state index is 11.3. The van der Waals surface area contributed by atoms with Crippen LogP contribution in [0.15, 0.2) is 5.16 Å². The third-order valence-corrected chi connectivity index (χ3v) is 8.10. The Bertz CT molecular complexity index is 334. The van der Waals surface area contributed by atoms with Crippen LogP contribution in [0.4, 0.5) is 0 Å². The molecule has 0 radical (unpaired) electrons. The fraction of sp³-hybridized carbons (Fsp3) is 0.818. The Morgan fingerprint density at radius 2 is 2.06 bits per heavy atom. The highest BCUT2D eigenvalue weighted by Gasteiger charge is 2.40. The average molecular weight is 258 g/mol. The molecule has 17 heavy (non-hydrogen) atoms. The van der Waals surface area contributed by atoms with E-state index in [1.54, 1.807) is 0 Å². The molecular formula is C11H22N2O3Si. The summed E-state index contributed by atoms with van der Waals surface area (Å²) in [7, 11) is -1.84. The molecule has 0 aliphatic carbocycles. The molecule has 1 rings (SSSR count). The van der Waals surface area contributed by atoms with E-state index in [4.69, 9.17) is 9.63 Å². The first-order valence-corrected chi connectivity index (χ1v) is 8.75. The van der Waals surface area contributed by atoms with E-state index >= 15 is 0 Å². The topological polar surface area (TPSA) is 70.9 Å². The molecule has 0 aromatic carbocycles. The number of carbonyl (C=O) groups is 1. The summed E-state index contributed by atoms with van der Waals surface area (Å²) in [6, 6.07) is 0. The Kier molecular flexibility index (Phi) is 3.98. The summed E-state index contributed by atoms with van der Waals surface area (Å²) in [5.74, 6) is -0.303. The van der Waals surface area contributed by atoms with Gasteiger partial charge in [-0.15, -0.1) is 0 Å². The third kappa shape index (κ3) is 3.29. The molecule has 1 aliphatic rings. The quantitative estimate of drug-likeness (QED) is 0.450. The number of rotatable bonds is 2. The van der Waals surface area contributed by atoms with E-state index in [9.17, 15) is 4.79 Å². The standard InChI is InChI=1S/C11H22N2O3Si/c1-11(2,3)17(4,5)16-8-6-9(13-15)10(14)12-7-8/h8,15H,6-7H2,1-5H3,(H,12,14)/b13-9-/t8-/m1/s1. The van der Waals surface area contributed by atoms with E-state index in [-0.39, 0.29) is 22.8 Å². The number of nitrogens with zero attached hydrogens (tertiary/aromatic N) is 1. The van der Waals surface area contributed by atoms with Gasteiger partial charge in [0.25, 0.3) is 5.91 Å². The molecule has 0 aromatic rings. The molecule has 98 valence electrons. The van der Waals surface area contributed by atoms with Gasteiger partial charge >= 0.3 is 0 Å². The van der Waals surface area contributed by atoms with Crippen molar-refractivity contribution in [3.8, 4) is 0 Å². The summed E-state index contributed by atoms with van der Waals surface area (Å²) in [5.41, 5.74) is 0.153. The van der Waals surface area contributed by atoms with Gasteiger partial charge in [0.05, 0.1) is 6.10 Å². The Morgan fingerprint density at radius 1 is 1.47 bits per heavy atom. The Morgan fingerprint density at radius 3 is 2.53 bits per heavy atom. The molecule has 5 nitrogen and oxygen atoms in total. The van der Waals surface area contributed by atoms with Crippen molar-refractivity contribution in [3.63, 3.8) is 0 Å². The van der Waals surface area contributed by atoms with Crippen molar-refractivity contribution in [3.05, 3.63) is 0 Å². The van der Waals surface area contributed by atoms with Gasteiger partial charge in [0.2, 0.25) is 0 Å². The van der Waals surface area contributed by atoms with Crippen LogP contribution in [0.2, 0.25) is 18.1 Å². The molecule has 1 heterocycles. The third-order valence-electron chi connectivity index (χ3n) is 3.56. The highest BCUT2D eigenvalue weighted by Crippen LogP contribution is 2.37. The average Bonchev–Trinajstić information content (AvgIpc) is 2.19. The van der Waals surface area contributed by atoms with Crippen LogP contribution in [0.5, 0.6) is 0 Å². The molecule has 0 bridgehead atoms. The van der Waals surface area contributed by atoms with Crippen molar-refractivity contribution in [2.45, 2.75) is 51.4 Å². The second-order valence-corrected chi connectivity index (χ2v) is 10.7. The first kappa shape index (κ1) is 14.2. The second-order valence-electron chi connectivity index (χ2n) is 5.96. The van der Waals surface area contributed by atoms with Gasteiger partial charge in [-0.1, -0.05) is 25.9 Å². The van der Waals surface area contributed by atoms with Gasteiger partial charge in [-0.25, -0.2) is 0 Å². The maximum Gasteiger partial charge on any atom is 0.269 e. The number of piperidine rings is 1. The number of oxime groups is 1. The number of carbonyl (C=O) groups excluding carboxylic acids is 1. The van der Waals surface area contributed by atoms with Crippen molar-refractivity contribution >= 4 is 19.9 Å². The van der Waals surface area contributed by atoms with Crippen LogP contribution in [0, 0.1) is 0 Å². The van der Waals surface area contributed by atoms with E-state index < -0.39 is 8.32 Å². The summed E-state index contributed by atoms with van der Waals surface area (Å²) in [5, 5.41) is 14.5. The Hall–Kier alpha value is -0.883. The molecule has 0 saturated carbocycles. The van der Waals surface area contributed by atoms with Gasteiger partial charge in [-0.2, -0.15) is 0 Å². The van der Waals surface area contributed by atoms with Crippen LogP contribution < -0.4 is 5.32 Å². The molecule has 0 unspecified atom stereocenters. The van der Waals surface area contributed by atoms with E-state index in [2.05, 4.69) is 44.3 Å². The molecule has 6 heteroatoms. The summed E-state index contributed by atoms with van der Waals surface area (Å²) in [6.07, 6.45) is 0.300. The second kappa shape index (κ2) is 4.78. The zero-order valence-corrected chi connectivity index (χ0v) is 12.2. The maximum atomic E-state index is 11.3. The lowest BCUT2D eigenvalue weighted by atomic mass is 10.1. The minimum Gasteiger partial charge on any atom is -0.412 e. The van der Waals surface area contributed by atoms with E-state index in [0.717, 1.165) is 0 Å². The summed E-state index contributed by atoms with van der Waals surface area (Å²) in [6.45, 7) is 11.3. The first-order valence-electron chi connectivity index (χ1n) is 5.84. The lowest BCUT2D eigenvalue weighted by Crippen LogP contribution is -2.52. The predicted molar refractivity (Wildman–Crippen MR) is 68.9 cm³/mol. The fourth-order valence-electron chi connectivity index (χ4n) is 1.45. The largest absolute Gasteiger partial charge is 0.412 e. The van der Waals surface area contributed by atoms with Crippen LogP contribution in [0.1, 0.15) is 27.2 Å². The summed E-state index contributed by atoms with van der Waals surface area (Å²) < 4.78 is 6.16. The van der Waals surface area contributed by atoms with Gasteiger partial charge in [0.15, 0.2) is 8.32 Å². The van der Waals surface area contributed by atoms with Crippen LogP contribution in [0.25, 0.3) is 0 Å². The van der Waals surface area contributed by atoms with Crippen molar-refractivity contribution in [2.75, 3.05) is 6.54 Å². The minimum absolute atomic E-state index is 0.0838. The van der Waals surface area contributed by atoms with E-state index in [0.29, 0.717) is 13.0 Å². The summed E-state index contributed by atoms with van der Waals surface area (Å²) in [4.78, 5) is 11.3. The normalized spacial score (nSPS) is 24.9. The monoisotopic (exact) mass is 258 g/mol. The van der Waals surface area contributed by atoms with Crippen molar-refractivity contribution < 1.29 is 14.4 Å². The smallest absolute Gasteiger partial charge is 0.269 e. The van der Waals surface area contributed by atoms with Crippen LogP contribution in [0.3, 0.4) is 0 Å². The number of hydrogen-bond acceptors (Lipinski definition) is 4. The molecule has 1 fully saturated rings. The Labute approximate surface area is 103 Å². The lowest BCUT2D eigenvalue weighted by molar-refractivity contribution is -0.116. The molecule has 0 aromatic heterocycles. The Balaban J connectivity index is 2.68. The zero-order valence-electron chi connectivity index (χ0n) is 11.2. The lowest BCUT2D eigenvalue weighted by Gasteiger charge is -2.40. The molecule has 1 saturated heterocycles.